The van der Waals surface area contributed by atoms with Crippen LogP contribution in [-0.2, 0) is 4.74 Å². The Morgan fingerprint density at radius 1 is 1.15 bits per heavy atom. The van der Waals surface area contributed by atoms with E-state index in [-0.39, 0.29) is 24.1 Å². The van der Waals surface area contributed by atoms with Gasteiger partial charge in [-0.05, 0) is 25.1 Å². The minimum atomic E-state index is -1.08. The Labute approximate surface area is 152 Å². The van der Waals surface area contributed by atoms with Crippen LogP contribution in [0.2, 0.25) is 0 Å². The van der Waals surface area contributed by atoms with E-state index in [2.05, 4.69) is 10.2 Å². The summed E-state index contributed by atoms with van der Waals surface area (Å²) in [6.45, 7) is 1.72. The SMILES string of the molecule is Cc1oc([C@@H]2OC[C@@H](O)[C@H]2O)cc1-c1nnc(-c2ccc([N+](=O)[O-])cc2)o1. The molecule has 0 unspecified atom stereocenters. The van der Waals surface area contributed by atoms with Crippen molar-refractivity contribution in [3.05, 3.63) is 52.0 Å². The fourth-order valence-electron chi connectivity index (χ4n) is 2.88. The molecule has 0 bridgehead atoms. The molecular formula is C17H15N3O7. The highest BCUT2D eigenvalue weighted by molar-refractivity contribution is 5.60. The number of nitro benzene ring substituents is 1. The summed E-state index contributed by atoms with van der Waals surface area (Å²) in [5.41, 5.74) is 1.03. The lowest BCUT2D eigenvalue weighted by Crippen LogP contribution is -2.24. The predicted octanol–water partition coefficient (Wildman–Crippen LogP) is 2.01. The van der Waals surface area contributed by atoms with Crippen molar-refractivity contribution in [3.8, 4) is 22.9 Å². The van der Waals surface area contributed by atoms with Crippen LogP contribution in [0.1, 0.15) is 17.6 Å². The van der Waals surface area contributed by atoms with Gasteiger partial charge >= 0.3 is 0 Å². The number of aliphatic hydroxyl groups excluding tert-OH is 2. The monoisotopic (exact) mass is 373 g/mol. The van der Waals surface area contributed by atoms with Gasteiger partial charge < -0.3 is 23.8 Å². The van der Waals surface area contributed by atoms with E-state index in [1.807, 2.05) is 0 Å². The molecule has 0 spiro atoms. The Morgan fingerprint density at radius 2 is 1.85 bits per heavy atom. The highest BCUT2D eigenvalue weighted by Crippen LogP contribution is 2.36. The molecule has 0 aliphatic carbocycles. The molecule has 3 heterocycles. The average molecular weight is 373 g/mol. The number of furan rings is 1. The van der Waals surface area contributed by atoms with Gasteiger partial charge in [0.1, 0.15) is 29.8 Å². The summed E-state index contributed by atoms with van der Waals surface area (Å²) in [5.74, 6) is 1.24. The maximum absolute atomic E-state index is 10.7. The largest absolute Gasteiger partial charge is 0.463 e. The normalized spacial score (nSPS) is 22.3. The third-order valence-corrected chi connectivity index (χ3v) is 4.35. The second-order valence-corrected chi connectivity index (χ2v) is 6.15. The molecule has 140 valence electrons. The third kappa shape index (κ3) is 3.10. The molecule has 1 fully saturated rings. The summed E-state index contributed by atoms with van der Waals surface area (Å²) in [7, 11) is 0. The third-order valence-electron chi connectivity index (χ3n) is 4.35. The lowest BCUT2D eigenvalue weighted by Gasteiger charge is -2.11. The molecule has 1 aliphatic heterocycles. The van der Waals surface area contributed by atoms with Crippen molar-refractivity contribution in [2.24, 2.45) is 0 Å². The number of aryl methyl sites for hydroxylation is 1. The molecule has 10 nitrogen and oxygen atoms in total. The molecule has 1 saturated heterocycles. The number of hydrogen-bond donors (Lipinski definition) is 2. The molecule has 27 heavy (non-hydrogen) atoms. The summed E-state index contributed by atoms with van der Waals surface area (Å²) in [4.78, 5) is 10.2. The van der Waals surface area contributed by atoms with Crippen LogP contribution in [-0.4, -0.2) is 44.1 Å². The second kappa shape index (κ2) is 6.58. The van der Waals surface area contributed by atoms with E-state index in [0.717, 1.165) is 0 Å². The highest BCUT2D eigenvalue weighted by atomic mass is 16.6. The van der Waals surface area contributed by atoms with E-state index in [4.69, 9.17) is 13.6 Å². The van der Waals surface area contributed by atoms with Crippen molar-refractivity contribution >= 4 is 5.69 Å². The Bertz CT molecular complexity index is 979. The highest BCUT2D eigenvalue weighted by Gasteiger charge is 2.38. The zero-order chi connectivity index (χ0) is 19.1. The summed E-state index contributed by atoms with van der Waals surface area (Å²) in [6, 6.07) is 7.36. The number of non-ortho nitro benzene ring substituents is 1. The van der Waals surface area contributed by atoms with Crippen LogP contribution in [0.4, 0.5) is 5.69 Å². The molecular weight excluding hydrogens is 358 g/mol. The molecule has 0 saturated carbocycles. The Balaban J connectivity index is 1.61. The summed E-state index contributed by atoms with van der Waals surface area (Å²) in [6.07, 6.45) is -2.83. The van der Waals surface area contributed by atoms with Gasteiger partial charge in [0.2, 0.25) is 5.89 Å². The Morgan fingerprint density at radius 3 is 2.48 bits per heavy atom. The quantitative estimate of drug-likeness (QED) is 0.518. The van der Waals surface area contributed by atoms with Crippen LogP contribution in [0, 0.1) is 17.0 Å². The van der Waals surface area contributed by atoms with Gasteiger partial charge in [-0.25, -0.2) is 0 Å². The second-order valence-electron chi connectivity index (χ2n) is 6.15. The standard InChI is InChI=1S/C17H15N3O7/c1-8-11(6-13(26-8)15-14(22)12(21)7-25-15)17-19-18-16(27-17)9-2-4-10(5-3-9)20(23)24/h2-6,12,14-15,21-22H,7H2,1H3/t12-,14-,15+/m1/s1. The molecule has 1 aliphatic rings. The van der Waals surface area contributed by atoms with Gasteiger partial charge in [-0.1, -0.05) is 0 Å². The van der Waals surface area contributed by atoms with Crippen LogP contribution in [0.3, 0.4) is 0 Å². The van der Waals surface area contributed by atoms with Gasteiger partial charge in [0.15, 0.2) is 0 Å². The molecule has 2 N–H and O–H groups in total. The summed E-state index contributed by atoms with van der Waals surface area (Å²) in [5, 5.41) is 38.3. The van der Waals surface area contributed by atoms with Crippen molar-refractivity contribution in [3.63, 3.8) is 0 Å². The number of aromatic nitrogens is 2. The van der Waals surface area contributed by atoms with Crippen LogP contribution >= 0.6 is 0 Å². The number of nitro groups is 1. The first-order chi connectivity index (χ1) is 12.9. The number of hydrogen-bond acceptors (Lipinski definition) is 9. The van der Waals surface area contributed by atoms with E-state index >= 15 is 0 Å². The van der Waals surface area contributed by atoms with Crippen molar-refractivity contribution < 1.29 is 28.7 Å². The summed E-state index contributed by atoms with van der Waals surface area (Å²) >= 11 is 0. The van der Waals surface area contributed by atoms with Crippen molar-refractivity contribution in [2.75, 3.05) is 6.61 Å². The smallest absolute Gasteiger partial charge is 0.269 e. The Kier molecular flexibility index (Phi) is 4.22. The zero-order valence-electron chi connectivity index (χ0n) is 14.1. The average Bonchev–Trinajstić information content (AvgIpc) is 3.35. The number of aliphatic hydroxyl groups is 2. The fourth-order valence-corrected chi connectivity index (χ4v) is 2.88. The number of benzene rings is 1. The van der Waals surface area contributed by atoms with E-state index in [1.165, 1.54) is 24.3 Å². The first kappa shape index (κ1) is 17.3. The van der Waals surface area contributed by atoms with Crippen molar-refractivity contribution in [2.45, 2.75) is 25.2 Å². The number of ether oxygens (including phenoxy) is 1. The van der Waals surface area contributed by atoms with Crippen LogP contribution in [0.25, 0.3) is 22.9 Å². The van der Waals surface area contributed by atoms with Crippen LogP contribution in [0.5, 0.6) is 0 Å². The minimum Gasteiger partial charge on any atom is -0.463 e. The van der Waals surface area contributed by atoms with Crippen molar-refractivity contribution in [1.29, 1.82) is 0 Å². The van der Waals surface area contributed by atoms with E-state index < -0.39 is 23.2 Å². The van der Waals surface area contributed by atoms with Crippen LogP contribution in [0.15, 0.2) is 39.2 Å². The topological polar surface area (TPSA) is 145 Å². The lowest BCUT2D eigenvalue weighted by molar-refractivity contribution is -0.384. The van der Waals surface area contributed by atoms with Gasteiger partial charge in [-0.15, -0.1) is 10.2 Å². The van der Waals surface area contributed by atoms with E-state index in [1.54, 1.807) is 13.0 Å². The van der Waals surface area contributed by atoms with Gasteiger partial charge in [-0.2, -0.15) is 0 Å². The lowest BCUT2D eigenvalue weighted by atomic mass is 10.1. The first-order valence-electron chi connectivity index (χ1n) is 8.11. The molecule has 2 aromatic heterocycles. The zero-order valence-corrected chi connectivity index (χ0v) is 14.1. The number of nitrogens with zero attached hydrogens (tertiary/aromatic N) is 3. The van der Waals surface area contributed by atoms with Crippen molar-refractivity contribution in [1.82, 2.24) is 10.2 Å². The first-order valence-corrected chi connectivity index (χ1v) is 8.11. The van der Waals surface area contributed by atoms with Gasteiger partial charge in [0.05, 0.1) is 17.1 Å². The predicted molar refractivity (Wildman–Crippen MR) is 89.5 cm³/mol. The fraction of sp³-hybridized carbons (Fsp3) is 0.294. The maximum Gasteiger partial charge on any atom is 0.269 e. The molecule has 3 atom stereocenters. The maximum atomic E-state index is 10.7. The Hall–Kier alpha value is -3.08. The molecule has 3 aromatic rings. The molecule has 10 heteroatoms. The molecule has 4 rings (SSSR count). The molecule has 1 aromatic carbocycles. The summed E-state index contributed by atoms with van der Waals surface area (Å²) < 4.78 is 16.6. The van der Waals surface area contributed by atoms with Crippen LogP contribution < -0.4 is 0 Å². The molecule has 0 amide bonds. The van der Waals surface area contributed by atoms with Gasteiger partial charge in [-0.3, -0.25) is 10.1 Å². The van der Waals surface area contributed by atoms with E-state index in [9.17, 15) is 20.3 Å². The minimum absolute atomic E-state index is 0.0196. The van der Waals surface area contributed by atoms with Gasteiger partial charge in [0.25, 0.3) is 11.6 Å². The number of rotatable bonds is 4. The van der Waals surface area contributed by atoms with Gasteiger partial charge in [0, 0.05) is 17.7 Å². The molecule has 0 radical (unpaired) electrons. The van der Waals surface area contributed by atoms with E-state index in [0.29, 0.717) is 22.6 Å².